The van der Waals surface area contributed by atoms with Crippen LogP contribution in [-0.4, -0.2) is 20.6 Å². The summed E-state index contributed by atoms with van der Waals surface area (Å²) in [7, 11) is 1.69. The Morgan fingerprint density at radius 3 is 2.93 bits per heavy atom. The van der Waals surface area contributed by atoms with E-state index in [1.165, 1.54) is 12.4 Å². The van der Waals surface area contributed by atoms with Crippen molar-refractivity contribution in [3.8, 4) is 0 Å². The molecular weight excluding hydrogens is 196 g/mol. The van der Waals surface area contributed by atoms with Gasteiger partial charge in [0.2, 0.25) is 5.43 Å². The minimum Gasteiger partial charge on any atom is -0.477 e. The van der Waals surface area contributed by atoms with Crippen molar-refractivity contribution in [3.05, 3.63) is 40.4 Å². The summed E-state index contributed by atoms with van der Waals surface area (Å²) in [6.45, 7) is 0. The number of nitrogens with zero attached hydrogens (tertiary/aromatic N) is 2. The first-order valence-electron chi connectivity index (χ1n) is 4.28. The van der Waals surface area contributed by atoms with Gasteiger partial charge in [-0.1, -0.05) is 0 Å². The Kier molecular flexibility index (Phi) is 2.00. The SMILES string of the molecule is Cn1cc(C(=O)O)c(=O)c2cnccc21. The smallest absolute Gasteiger partial charge is 0.341 e. The normalized spacial score (nSPS) is 10.5. The van der Waals surface area contributed by atoms with E-state index in [1.54, 1.807) is 23.9 Å². The van der Waals surface area contributed by atoms with E-state index in [0.29, 0.717) is 10.9 Å². The molecule has 2 aromatic heterocycles. The first kappa shape index (κ1) is 9.39. The summed E-state index contributed by atoms with van der Waals surface area (Å²) in [4.78, 5) is 26.3. The van der Waals surface area contributed by atoms with E-state index in [9.17, 15) is 9.59 Å². The summed E-state index contributed by atoms with van der Waals surface area (Å²) in [6.07, 6.45) is 4.25. The van der Waals surface area contributed by atoms with Crippen molar-refractivity contribution >= 4 is 16.9 Å². The molecule has 2 rings (SSSR count). The highest BCUT2D eigenvalue weighted by Crippen LogP contribution is 2.08. The molecule has 15 heavy (non-hydrogen) atoms. The van der Waals surface area contributed by atoms with Crippen molar-refractivity contribution in [2.75, 3.05) is 0 Å². The molecule has 0 aliphatic carbocycles. The van der Waals surface area contributed by atoms with Crippen molar-refractivity contribution in [2.45, 2.75) is 0 Å². The van der Waals surface area contributed by atoms with Crippen LogP contribution in [0.5, 0.6) is 0 Å². The zero-order chi connectivity index (χ0) is 11.0. The molecule has 0 saturated heterocycles. The summed E-state index contributed by atoms with van der Waals surface area (Å²) in [6, 6.07) is 1.67. The molecular formula is C10H8N2O3. The van der Waals surface area contributed by atoms with E-state index >= 15 is 0 Å². The summed E-state index contributed by atoms with van der Waals surface area (Å²) < 4.78 is 1.60. The van der Waals surface area contributed by atoms with Crippen LogP contribution in [0.3, 0.4) is 0 Å². The van der Waals surface area contributed by atoms with Crippen LogP contribution in [0.15, 0.2) is 29.5 Å². The van der Waals surface area contributed by atoms with Crippen LogP contribution in [0, 0.1) is 0 Å². The Hall–Kier alpha value is -2.17. The first-order chi connectivity index (χ1) is 7.11. The van der Waals surface area contributed by atoms with Crippen LogP contribution in [-0.2, 0) is 7.05 Å². The van der Waals surface area contributed by atoms with Crippen LogP contribution in [0.2, 0.25) is 0 Å². The number of rotatable bonds is 1. The molecule has 0 atom stereocenters. The minimum atomic E-state index is -1.22. The second-order valence-corrected chi connectivity index (χ2v) is 3.18. The second-order valence-electron chi connectivity index (χ2n) is 3.18. The van der Waals surface area contributed by atoms with E-state index in [1.807, 2.05) is 0 Å². The summed E-state index contributed by atoms with van der Waals surface area (Å²) in [5, 5.41) is 9.14. The number of carboxylic acids is 1. The standard InChI is InChI=1S/C10H8N2O3/c1-12-5-7(10(14)15)9(13)6-4-11-3-2-8(6)12/h2-5H,1H3,(H,14,15). The van der Waals surface area contributed by atoms with Crippen molar-refractivity contribution in [2.24, 2.45) is 7.05 Å². The third-order valence-corrected chi connectivity index (χ3v) is 2.22. The highest BCUT2D eigenvalue weighted by atomic mass is 16.4. The minimum absolute atomic E-state index is 0.238. The number of aromatic nitrogens is 2. The fourth-order valence-electron chi connectivity index (χ4n) is 1.49. The molecule has 0 aromatic carbocycles. The molecule has 5 heteroatoms. The number of carbonyl (C=O) groups is 1. The second kappa shape index (κ2) is 3.20. The van der Waals surface area contributed by atoms with Gasteiger partial charge in [0, 0.05) is 25.6 Å². The maximum Gasteiger partial charge on any atom is 0.341 e. The maximum atomic E-state index is 11.7. The zero-order valence-corrected chi connectivity index (χ0v) is 7.97. The predicted octanol–water partition coefficient (Wildman–Crippen LogP) is 0.632. The molecule has 76 valence electrons. The van der Waals surface area contributed by atoms with Crippen LogP contribution < -0.4 is 5.43 Å². The van der Waals surface area contributed by atoms with Gasteiger partial charge >= 0.3 is 5.97 Å². The van der Waals surface area contributed by atoms with E-state index in [-0.39, 0.29) is 5.56 Å². The van der Waals surface area contributed by atoms with Gasteiger partial charge in [-0.2, -0.15) is 0 Å². The van der Waals surface area contributed by atoms with Crippen molar-refractivity contribution in [1.29, 1.82) is 0 Å². The Labute approximate surface area is 84.6 Å². The van der Waals surface area contributed by atoms with E-state index in [2.05, 4.69) is 4.98 Å². The van der Waals surface area contributed by atoms with Gasteiger partial charge in [0.25, 0.3) is 0 Å². The summed E-state index contributed by atoms with van der Waals surface area (Å²) >= 11 is 0. The third kappa shape index (κ3) is 1.38. The first-order valence-corrected chi connectivity index (χ1v) is 4.28. The molecule has 0 fully saturated rings. The lowest BCUT2D eigenvalue weighted by Crippen LogP contribution is -2.17. The number of fused-ring (bicyclic) bond motifs is 1. The Balaban J connectivity index is 2.97. The molecule has 0 aliphatic heterocycles. The molecule has 0 radical (unpaired) electrons. The maximum absolute atomic E-state index is 11.7. The number of pyridine rings is 2. The summed E-state index contributed by atoms with van der Waals surface area (Å²) in [5.74, 6) is -1.22. The fraction of sp³-hybridized carbons (Fsp3) is 0.100. The predicted molar refractivity (Wildman–Crippen MR) is 53.9 cm³/mol. The molecule has 5 nitrogen and oxygen atoms in total. The van der Waals surface area contributed by atoms with Crippen molar-refractivity contribution in [1.82, 2.24) is 9.55 Å². The van der Waals surface area contributed by atoms with Crippen LogP contribution in [0.1, 0.15) is 10.4 Å². The topological polar surface area (TPSA) is 72.2 Å². The molecule has 0 spiro atoms. The molecule has 0 amide bonds. The number of hydrogen-bond donors (Lipinski definition) is 1. The van der Waals surface area contributed by atoms with Gasteiger partial charge in [-0.05, 0) is 6.07 Å². The Bertz CT molecular complexity index is 601. The average molecular weight is 204 g/mol. The quantitative estimate of drug-likeness (QED) is 0.739. The molecule has 0 unspecified atom stereocenters. The number of carboxylic acid groups (broad SMARTS) is 1. The lowest BCUT2D eigenvalue weighted by molar-refractivity contribution is 0.0695. The van der Waals surface area contributed by atoms with Crippen LogP contribution in [0.25, 0.3) is 10.9 Å². The monoisotopic (exact) mass is 204 g/mol. The molecule has 0 bridgehead atoms. The van der Waals surface area contributed by atoms with Gasteiger partial charge in [-0.25, -0.2) is 4.79 Å². The zero-order valence-electron chi connectivity index (χ0n) is 7.97. The van der Waals surface area contributed by atoms with Gasteiger partial charge < -0.3 is 9.67 Å². The number of aromatic carboxylic acids is 1. The van der Waals surface area contributed by atoms with Crippen LogP contribution >= 0.6 is 0 Å². The van der Waals surface area contributed by atoms with E-state index in [0.717, 1.165) is 0 Å². The Morgan fingerprint density at radius 1 is 1.53 bits per heavy atom. The molecule has 2 aromatic rings. The molecule has 0 saturated carbocycles. The lowest BCUT2D eigenvalue weighted by Gasteiger charge is -2.05. The van der Waals surface area contributed by atoms with Gasteiger partial charge in [0.1, 0.15) is 5.56 Å². The van der Waals surface area contributed by atoms with E-state index < -0.39 is 11.4 Å². The van der Waals surface area contributed by atoms with Gasteiger partial charge in [0.05, 0.1) is 10.9 Å². The van der Waals surface area contributed by atoms with E-state index in [4.69, 9.17) is 5.11 Å². The van der Waals surface area contributed by atoms with Gasteiger partial charge in [0.15, 0.2) is 0 Å². The van der Waals surface area contributed by atoms with Gasteiger partial charge in [-0.15, -0.1) is 0 Å². The largest absolute Gasteiger partial charge is 0.477 e. The Morgan fingerprint density at radius 2 is 2.27 bits per heavy atom. The molecule has 2 heterocycles. The van der Waals surface area contributed by atoms with Crippen molar-refractivity contribution < 1.29 is 9.90 Å². The molecule has 0 aliphatic rings. The van der Waals surface area contributed by atoms with Crippen molar-refractivity contribution in [3.63, 3.8) is 0 Å². The fourth-order valence-corrected chi connectivity index (χ4v) is 1.49. The number of hydrogen-bond acceptors (Lipinski definition) is 3. The molecule has 1 N–H and O–H groups in total. The highest BCUT2D eigenvalue weighted by molar-refractivity contribution is 5.92. The number of aryl methyl sites for hydroxylation is 1. The highest BCUT2D eigenvalue weighted by Gasteiger charge is 2.12. The lowest BCUT2D eigenvalue weighted by atomic mass is 10.2. The van der Waals surface area contributed by atoms with Crippen LogP contribution in [0.4, 0.5) is 0 Å². The van der Waals surface area contributed by atoms with Gasteiger partial charge in [-0.3, -0.25) is 9.78 Å². The third-order valence-electron chi connectivity index (χ3n) is 2.22. The average Bonchev–Trinajstić information content (AvgIpc) is 2.23. The summed E-state index contributed by atoms with van der Waals surface area (Å²) in [5.41, 5.74) is -0.0679.